The first-order valence-corrected chi connectivity index (χ1v) is 8.73. The Morgan fingerprint density at radius 1 is 0.722 bits per heavy atom. The van der Waals surface area contributed by atoms with Crippen molar-refractivity contribution < 1.29 is 8.42 Å². The predicted octanol–water partition coefficient (Wildman–Crippen LogP) is 4.81. The van der Waals surface area contributed by atoms with E-state index in [9.17, 15) is 8.42 Å². The molecule has 0 unspecified atom stereocenters. The molecule has 0 aromatic heterocycles. The smallest absolute Gasteiger partial charge is 0.206 e. The van der Waals surface area contributed by atoms with Gasteiger partial charge in [-0.1, -0.05) is 15.9 Å². The van der Waals surface area contributed by atoms with Crippen LogP contribution in [0.2, 0.25) is 0 Å². The normalized spacial score (nSPS) is 11.5. The van der Waals surface area contributed by atoms with Crippen molar-refractivity contribution in [3.63, 3.8) is 0 Å². The van der Waals surface area contributed by atoms with Crippen LogP contribution in [0.5, 0.6) is 0 Å². The molecule has 2 rings (SSSR count). The van der Waals surface area contributed by atoms with Crippen molar-refractivity contribution in [2.45, 2.75) is 9.79 Å². The van der Waals surface area contributed by atoms with Crippen molar-refractivity contribution in [1.29, 1.82) is 0 Å². The molecule has 0 aliphatic carbocycles. The molecule has 6 heteroatoms. The van der Waals surface area contributed by atoms with Crippen LogP contribution >= 0.6 is 47.8 Å². The van der Waals surface area contributed by atoms with E-state index in [1.54, 1.807) is 42.5 Å². The summed E-state index contributed by atoms with van der Waals surface area (Å²) < 4.78 is 27.1. The van der Waals surface area contributed by atoms with Crippen LogP contribution in [0.25, 0.3) is 0 Å². The van der Waals surface area contributed by atoms with Gasteiger partial charge in [-0.25, -0.2) is 8.42 Å². The predicted molar refractivity (Wildman–Crippen MR) is 81.4 cm³/mol. The van der Waals surface area contributed by atoms with Crippen molar-refractivity contribution in [2.75, 3.05) is 0 Å². The minimum absolute atomic E-state index is 0.264. The number of hydrogen-bond acceptors (Lipinski definition) is 2. The first-order valence-electron chi connectivity index (χ1n) is 4.87. The molecule has 94 valence electrons. The molecule has 0 amide bonds. The van der Waals surface area contributed by atoms with Crippen LogP contribution in [-0.2, 0) is 9.84 Å². The van der Waals surface area contributed by atoms with E-state index in [0.29, 0.717) is 4.47 Å². The van der Waals surface area contributed by atoms with Crippen LogP contribution in [0, 0.1) is 0 Å². The fourth-order valence-corrected chi connectivity index (χ4v) is 3.72. The molecule has 0 heterocycles. The van der Waals surface area contributed by atoms with Crippen molar-refractivity contribution in [2.24, 2.45) is 0 Å². The lowest BCUT2D eigenvalue weighted by Gasteiger charge is -2.06. The highest BCUT2D eigenvalue weighted by Crippen LogP contribution is 2.29. The summed E-state index contributed by atoms with van der Waals surface area (Å²) in [4.78, 5) is 0.541. The Hall–Kier alpha value is -0.170. The molecule has 18 heavy (non-hydrogen) atoms. The number of halogens is 3. The monoisotopic (exact) mass is 452 g/mol. The summed E-state index contributed by atoms with van der Waals surface area (Å²) in [5.74, 6) is 0. The fourth-order valence-electron chi connectivity index (χ4n) is 1.39. The van der Waals surface area contributed by atoms with Crippen LogP contribution in [-0.4, -0.2) is 8.42 Å². The minimum Gasteiger partial charge on any atom is -0.219 e. The van der Waals surface area contributed by atoms with Gasteiger partial charge >= 0.3 is 0 Å². The first kappa shape index (κ1) is 14.2. The van der Waals surface area contributed by atoms with Crippen molar-refractivity contribution in [3.8, 4) is 0 Å². The van der Waals surface area contributed by atoms with Crippen LogP contribution < -0.4 is 0 Å². The average molecular weight is 455 g/mol. The summed E-state index contributed by atoms with van der Waals surface area (Å²) in [6.45, 7) is 0. The maximum Gasteiger partial charge on any atom is 0.206 e. The molecular formula is C12H7Br3O2S. The number of benzene rings is 2. The molecule has 2 nitrogen and oxygen atoms in total. The highest BCUT2D eigenvalue weighted by molar-refractivity contribution is 9.13. The van der Waals surface area contributed by atoms with Gasteiger partial charge in [0.1, 0.15) is 0 Å². The van der Waals surface area contributed by atoms with Crippen LogP contribution in [0.4, 0.5) is 0 Å². The van der Waals surface area contributed by atoms with E-state index in [0.717, 1.165) is 8.95 Å². The van der Waals surface area contributed by atoms with E-state index in [1.807, 2.05) is 0 Å². The summed E-state index contributed by atoms with van der Waals surface area (Å²) in [5, 5.41) is 0. The molecule has 0 saturated carbocycles. The topological polar surface area (TPSA) is 34.1 Å². The van der Waals surface area contributed by atoms with Crippen LogP contribution in [0.3, 0.4) is 0 Å². The molecule has 0 aliphatic rings. The van der Waals surface area contributed by atoms with Gasteiger partial charge in [0.05, 0.1) is 9.79 Å². The first-order chi connectivity index (χ1) is 8.41. The van der Waals surface area contributed by atoms with E-state index in [-0.39, 0.29) is 9.79 Å². The Bertz CT molecular complexity index is 679. The molecule has 2 aromatic rings. The Morgan fingerprint density at radius 3 is 1.83 bits per heavy atom. The SMILES string of the molecule is O=S(=O)(c1ccc(Br)cc1)c1ccc(Br)c(Br)c1. The molecular weight excluding hydrogens is 448 g/mol. The Morgan fingerprint density at radius 2 is 1.28 bits per heavy atom. The van der Waals surface area contributed by atoms with E-state index < -0.39 is 9.84 Å². The van der Waals surface area contributed by atoms with Gasteiger partial charge in [0.2, 0.25) is 9.84 Å². The molecule has 0 aliphatic heterocycles. The zero-order chi connectivity index (χ0) is 13.3. The highest BCUT2D eigenvalue weighted by Gasteiger charge is 2.18. The molecule has 0 saturated heterocycles. The van der Waals surface area contributed by atoms with Gasteiger partial charge in [-0.05, 0) is 74.3 Å². The van der Waals surface area contributed by atoms with Crippen LogP contribution in [0.1, 0.15) is 0 Å². The lowest BCUT2D eigenvalue weighted by molar-refractivity contribution is 0.596. The molecule has 0 spiro atoms. The average Bonchev–Trinajstić information content (AvgIpc) is 2.33. The second-order valence-corrected chi connectivity index (χ2v) is 8.11. The van der Waals surface area contributed by atoms with Crippen molar-refractivity contribution in [3.05, 3.63) is 55.9 Å². The van der Waals surface area contributed by atoms with E-state index in [4.69, 9.17) is 0 Å². The third kappa shape index (κ3) is 2.87. The van der Waals surface area contributed by atoms with E-state index in [1.165, 1.54) is 0 Å². The number of hydrogen-bond donors (Lipinski definition) is 0. The number of sulfone groups is 1. The Kier molecular flexibility index (Phi) is 4.31. The van der Waals surface area contributed by atoms with Gasteiger partial charge in [0.15, 0.2) is 0 Å². The highest BCUT2D eigenvalue weighted by atomic mass is 79.9. The molecule has 0 radical (unpaired) electrons. The van der Waals surface area contributed by atoms with Gasteiger partial charge in [-0.15, -0.1) is 0 Å². The van der Waals surface area contributed by atoms with E-state index in [2.05, 4.69) is 47.8 Å². The van der Waals surface area contributed by atoms with Gasteiger partial charge in [0.25, 0.3) is 0 Å². The molecule has 0 fully saturated rings. The summed E-state index contributed by atoms with van der Waals surface area (Å²) in [6, 6.07) is 11.4. The van der Waals surface area contributed by atoms with Gasteiger partial charge in [0, 0.05) is 13.4 Å². The van der Waals surface area contributed by atoms with Gasteiger partial charge in [-0.3, -0.25) is 0 Å². The van der Waals surface area contributed by atoms with Crippen molar-refractivity contribution in [1.82, 2.24) is 0 Å². The van der Waals surface area contributed by atoms with Gasteiger partial charge in [-0.2, -0.15) is 0 Å². The largest absolute Gasteiger partial charge is 0.219 e. The summed E-state index contributed by atoms with van der Waals surface area (Å²) in [5.41, 5.74) is 0. The third-order valence-electron chi connectivity index (χ3n) is 2.33. The van der Waals surface area contributed by atoms with Gasteiger partial charge < -0.3 is 0 Å². The van der Waals surface area contributed by atoms with Crippen molar-refractivity contribution >= 4 is 57.6 Å². The van der Waals surface area contributed by atoms with Crippen LogP contribution in [0.15, 0.2) is 65.7 Å². The Labute approximate surface area is 131 Å². The molecule has 0 atom stereocenters. The molecule has 0 N–H and O–H groups in total. The minimum atomic E-state index is -3.47. The quantitative estimate of drug-likeness (QED) is 0.652. The number of rotatable bonds is 2. The lowest BCUT2D eigenvalue weighted by atomic mass is 10.4. The maximum atomic E-state index is 12.4. The zero-order valence-electron chi connectivity index (χ0n) is 8.90. The third-order valence-corrected chi connectivity index (χ3v) is 6.50. The zero-order valence-corrected chi connectivity index (χ0v) is 14.5. The molecule has 0 bridgehead atoms. The summed E-state index contributed by atoms with van der Waals surface area (Å²) >= 11 is 9.90. The summed E-state index contributed by atoms with van der Waals surface area (Å²) in [6.07, 6.45) is 0. The molecule has 2 aromatic carbocycles. The summed E-state index contributed by atoms with van der Waals surface area (Å²) in [7, 11) is -3.47. The maximum absolute atomic E-state index is 12.4. The van der Waals surface area contributed by atoms with E-state index >= 15 is 0 Å². The second kappa shape index (κ2) is 5.45. The Balaban J connectivity index is 2.54. The standard InChI is InChI=1S/C12H7Br3O2S/c13-8-1-3-9(4-2-8)18(16,17)10-5-6-11(14)12(15)7-10/h1-7H. The lowest BCUT2D eigenvalue weighted by Crippen LogP contribution is -2.01. The second-order valence-electron chi connectivity index (χ2n) is 3.53. The fraction of sp³-hybridized carbons (Fsp3) is 0.